The van der Waals surface area contributed by atoms with Gasteiger partial charge in [-0.05, 0) is 29.7 Å². The number of ether oxygens (including phenoxy) is 1. The lowest BCUT2D eigenvalue weighted by Gasteiger charge is -2.36. The lowest BCUT2D eigenvalue weighted by atomic mass is 10.1. The highest BCUT2D eigenvalue weighted by Gasteiger charge is 2.27. The molecule has 156 valence electrons. The van der Waals surface area contributed by atoms with Gasteiger partial charge in [0.05, 0.1) is 18.3 Å². The molecular weight excluding hydrogens is 391 g/mol. The van der Waals surface area contributed by atoms with Crippen molar-refractivity contribution in [3.05, 3.63) is 70.5 Å². The third-order valence-electron chi connectivity index (χ3n) is 4.98. The van der Waals surface area contributed by atoms with Gasteiger partial charge in [0, 0.05) is 37.7 Å². The number of hydrogen-bond acceptors (Lipinski definition) is 3. The summed E-state index contributed by atoms with van der Waals surface area (Å²) in [6.45, 7) is 7.93. The number of benzene rings is 2. The van der Waals surface area contributed by atoms with Gasteiger partial charge in [-0.15, -0.1) is 0 Å². The third-order valence-corrected chi connectivity index (χ3v) is 5.34. The monoisotopic (exact) mass is 418 g/mol. The van der Waals surface area contributed by atoms with Crippen LogP contribution in [0.5, 0.6) is 0 Å². The predicted molar refractivity (Wildman–Crippen MR) is 114 cm³/mol. The second kappa shape index (κ2) is 10.2. The van der Waals surface area contributed by atoms with Crippen molar-refractivity contribution in [3.63, 3.8) is 0 Å². The summed E-state index contributed by atoms with van der Waals surface area (Å²) in [6, 6.07) is 14.0. The van der Waals surface area contributed by atoms with Crippen molar-refractivity contribution in [1.29, 1.82) is 0 Å². The summed E-state index contributed by atoms with van der Waals surface area (Å²) >= 11 is 6.30. The average Bonchev–Trinajstić information content (AvgIpc) is 2.69. The molecule has 0 radical (unpaired) electrons. The molecule has 0 aliphatic carbocycles. The van der Waals surface area contributed by atoms with Gasteiger partial charge >= 0.3 is 0 Å². The predicted octanol–water partition coefficient (Wildman–Crippen LogP) is 4.48. The molecule has 0 bridgehead atoms. The number of morpholine rings is 1. The maximum atomic E-state index is 14.2. The molecule has 1 fully saturated rings. The van der Waals surface area contributed by atoms with E-state index in [0.717, 1.165) is 23.7 Å². The average molecular weight is 419 g/mol. The zero-order valence-corrected chi connectivity index (χ0v) is 17.7. The number of amides is 1. The summed E-state index contributed by atoms with van der Waals surface area (Å²) in [7, 11) is 0. The Bertz CT molecular complexity index is 830. The Morgan fingerprint density at radius 1 is 1.24 bits per heavy atom. The Hall–Kier alpha value is -1.95. The van der Waals surface area contributed by atoms with Crippen molar-refractivity contribution in [2.75, 3.05) is 32.8 Å². The van der Waals surface area contributed by atoms with Crippen LogP contribution in [0.4, 0.5) is 4.39 Å². The van der Waals surface area contributed by atoms with E-state index < -0.39 is 5.82 Å². The highest BCUT2D eigenvalue weighted by atomic mass is 35.5. The number of hydrogen-bond donors (Lipinski definition) is 0. The maximum absolute atomic E-state index is 14.2. The Kier molecular flexibility index (Phi) is 7.64. The van der Waals surface area contributed by atoms with Crippen LogP contribution in [0.1, 0.15) is 29.8 Å². The van der Waals surface area contributed by atoms with Gasteiger partial charge in [0.15, 0.2) is 0 Å². The highest BCUT2D eigenvalue weighted by Crippen LogP contribution is 2.20. The van der Waals surface area contributed by atoms with Crippen molar-refractivity contribution >= 4 is 17.5 Å². The second-order valence-electron chi connectivity index (χ2n) is 7.90. The van der Waals surface area contributed by atoms with E-state index in [1.807, 2.05) is 38.1 Å². The molecule has 1 atom stereocenters. The van der Waals surface area contributed by atoms with Crippen LogP contribution >= 0.6 is 11.6 Å². The van der Waals surface area contributed by atoms with Crippen molar-refractivity contribution in [2.24, 2.45) is 5.92 Å². The van der Waals surface area contributed by atoms with Gasteiger partial charge in [0.2, 0.25) is 0 Å². The fraction of sp³-hybridized carbons (Fsp3) is 0.435. The fourth-order valence-electron chi connectivity index (χ4n) is 3.63. The molecule has 0 aromatic heterocycles. The lowest BCUT2D eigenvalue weighted by Crippen LogP contribution is -2.49. The highest BCUT2D eigenvalue weighted by molar-refractivity contribution is 6.31. The Balaban J connectivity index is 1.68. The Morgan fingerprint density at radius 3 is 2.69 bits per heavy atom. The van der Waals surface area contributed by atoms with Crippen molar-refractivity contribution in [3.8, 4) is 0 Å². The van der Waals surface area contributed by atoms with Gasteiger partial charge in [0.25, 0.3) is 5.91 Å². The number of halogens is 2. The maximum Gasteiger partial charge on any atom is 0.256 e. The molecule has 2 aromatic carbocycles. The van der Waals surface area contributed by atoms with Crippen LogP contribution in [0.3, 0.4) is 0 Å². The Morgan fingerprint density at radius 2 is 1.97 bits per heavy atom. The van der Waals surface area contributed by atoms with Crippen LogP contribution < -0.4 is 0 Å². The second-order valence-corrected chi connectivity index (χ2v) is 8.31. The molecule has 4 nitrogen and oxygen atoms in total. The summed E-state index contributed by atoms with van der Waals surface area (Å²) in [6.07, 6.45) is -0.124. The quantitative estimate of drug-likeness (QED) is 0.664. The molecule has 0 unspecified atom stereocenters. The van der Waals surface area contributed by atoms with E-state index in [0.29, 0.717) is 26.2 Å². The zero-order valence-electron chi connectivity index (χ0n) is 17.0. The molecular formula is C23H28ClFN2O2. The van der Waals surface area contributed by atoms with Gasteiger partial charge < -0.3 is 9.64 Å². The standard InChI is InChI=1S/C23H28ClFN2O2/c1-17(2)13-27(23(28)20-8-4-6-10-22(20)25)16-19-15-26(11-12-29-19)14-18-7-3-5-9-21(18)24/h3-10,17,19H,11-16H2,1-2H3/t19-/m0/s1. The van der Waals surface area contributed by atoms with Gasteiger partial charge in [-0.1, -0.05) is 55.8 Å². The molecule has 29 heavy (non-hydrogen) atoms. The van der Waals surface area contributed by atoms with Gasteiger partial charge in [-0.2, -0.15) is 0 Å². The van der Waals surface area contributed by atoms with Crippen LogP contribution in [0.2, 0.25) is 5.02 Å². The van der Waals surface area contributed by atoms with E-state index in [-0.39, 0.29) is 23.5 Å². The molecule has 0 saturated carbocycles. The van der Waals surface area contributed by atoms with Crippen molar-refractivity contribution in [2.45, 2.75) is 26.5 Å². The molecule has 2 aromatic rings. The molecule has 1 aliphatic rings. The van der Waals surface area contributed by atoms with E-state index in [4.69, 9.17) is 16.3 Å². The molecule has 3 rings (SSSR count). The van der Waals surface area contributed by atoms with E-state index in [1.165, 1.54) is 12.1 Å². The molecule has 0 N–H and O–H groups in total. The molecule has 6 heteroatoms. The Labute approximate surface area is 177 Å². The number of nitrogens with zero attached hydrogens (tertiary/aromatic N) is 2. The summed E-state index contributed by atoms with van der Waals surface area (Å²) in [4.78, 5) is 17.0. The zero-order chi connectivity index (χ0) is 20.8. The minimum atomic E-state index is -0.490. The fourth-order valence-corrected chi connectivity index (χ4v) is 3.83. The van der Waals surface area contributed by atoms with Gasteiger partial charge in [-0.25, -0.2) is 4.39 Å². The number of rotatable bonds is 7. The molecule has 0 spiro atoms. The van der Waals surface area contributed by atoms with Crippen LogP contribution in [-0.2, 0) is 11.3 Å². The third kappa shape index (κ3) is 6.01. The minimum absolute atomic E-state index is 0.108. The van der Waals surface area contributed by atoms with E-state index >= 15 is 0 Å². The van der Waals surface area contributed by atoms with Crippen molar-refractivity contribution in [1.82, 2.24) is 9.80 Å². The largest absolute Gasteiger partial charge is 0.374 e. The number of carbonyl (C=O) groups is 1. The first-order chi connectivity index (χ1) is 13.9. The van der Waals surface area contributed by atoms with Crippen LogP contribution in [0.15, 0.2) is 48.5 Å². The molecule has 1 amide bonds. The first-order valence-electron chi connectivity index (χ1n) is 10.0. The van der Waals surface area contributed by atoms with Crippen molar-refractivity contribution < 1.29 is 13.9 Å². The first kappa shape index (κ1) is 21.8. The normalized spacial score (nSPS) is 17.5. The summed E-state index contributed by atoms with van der Waals surface area (Å²) in [5.74, 6) is -0.506. The summed E-state index contributed by atoms with van der Waals surface area (Å²) < 4.78 is 20.1. The van der Waals surface area contributed by atoms with E-state index in [2.05, 4.69) is 4.90 Å². The lowest BCUT2D eigenvalue weighted by molar-refractivity contribution is -0.0438. The molecule has 1 heterocycles. The first-order valence-corrected chi connectivity index (χ1v) is 10.4. The number of carbonyl (C=O) groups excluding carboxylic acids is 1. The van der Waals surface area contributed by atoms with Crippen LogP contribution in [0, 0.1) is 11.7 Å². The van der Waals surface area contributed by atoms with Gasteiger partial charge in [-0.3, -0.25) is 9.69 Å². The molecule has 1 saturated heterocycles. The van der Waals surface area contributed by atoms with E-state index in [1.54, 1.807) is 17.0 Å². The van der Waals surface area contributed by atoms with E-state index in [9.17, 15) is 9.18 Å². The smallest absolute Gasteiger partial charge is 0.256 e. The van der Waals surface area contributed by atoms with Gasteiger partial charge in [0.1, 0.15) is 5.82 Å². The summed E-state index contributed by atoms with van der Waals surface area (Å²) in [5, 5.41) is 0.756. The molecule has 1 aliphatic heterocycles. The summed E-state index contributed by atoms with van der Waals surface area (Å²) in [5.41, 5.74) is 1.19. The SMILES string of the molecule is CC(C)CN(C[C@@H]1CN(Cc2ccccc2Cl)CCO1)C(=O)c1ccccc1F. The van der Waals surface area contributed by atoms with Crippen LogP contribution in [0.25, 0.3) is 0 Å². The minimum Gasteiger partial charge on any atom is -0.374 e. The van der Waals surface area contributed by atoms with Crippen LogP contribution in [-0.4, -0.2) is 54.6 Å². The topological polar surface area (TPSA) is 32.8 Å².